The summed E-state index contributed by atoms with van der Waals surface area (Å²) in [5.74, 6) is -0.186. The number of phosphoric acid groups is 1. The highest BCUT2D eigenvalue weighted by atomic mass is 31.2. The molecule has 0 aliphatic rings. The van der Waals surface area contributed by atoms with Gasteiger partial charge in [0.25, 0.3) is 0 Å². The van der Waals surface area contributed by atoms with E-state index in [1.165, 1.54) is 270 Å². The number of likely N-dealkylation sites (N-methyl/N-ethyl adjacent to an activating group) is 1. The van der Waals surface area contributed by atoms with Gasteiger partial charge in [-0.1, -0.05) is 319 Å². The van der Waals surface area contributed by atoms with Crippen molar-refractivity contribution < 1.29 is 32.9 Å². The molecule has 0 saturated heterocycles. The van der Waals surface area contributed by atoms with Crippen molar-refractivity contribution in [2.24, 2.45) is 0 Å². The summed E-state index contributed by atoms with van der Waals surface area (Å²) < 4.78 is 23.8. The van der Waals surface area contributed by atoms with E-state index in [0.29, 0.717) is 17.4 Å². The zero-order valence-electron chi connectivity index (χ0n) is 54.5. The number of rotatable bonds is 65. The van der Waals surface area contributed by atoms with Gasteiger partial charge in [-0.3, -0.25) is 13.8 Å². The third-order valence-electron chi connectivity index (χ3n) is 15.9. The molecule has 1 amide bonds. The molecule has 0 saturated carbocycles. The van der Waals surface area contributed by atoms with Crippen LogP contribution < -0.4 is 5.32 Å². The number of aliphatic hydroxyl groups excluding tert-OH is 1. The molecule has 0 aromatic carbocycles. The van der Waals surface area contributed by atoms with Gasteiger partial charge in [0.1, 0.15) is 13.2 Å². The smallest absolute Gasteiger partial charge is 0.387 e. The Morgan fingerprint density at radius 2 is 0.716 bits per heavy atom. The van der Waals surface area contributed by atoms with Gasteiger partial charge in [0, 0.05) is 6.42 Å². The van der Waals surface area contributed by atoms with Crippen LogP contribution in [0.1, 0.15) is 341 Å². The Morgan fingerprint density at radius 1 is 0.420 bits per heavy atom. The summed E-state index contributed by atoms with van der Waals surface area (Å²) >= 11 is 0. The lowest BCUT2D eigenvalue weighted by Crippen LogP contribution is -2.45. The molecule has 0 fully saturated rings. The molecule has 0 rings (SSSR count). The van der Waals surface area contributed by atoms with Gasteiger partial charge < -0.3 is 19.8 Å². The monoisotopic (exact) mass is 1160 g/mol. The van der Waals surface area contributed by atoms with E-state index >= 15 is 0 Å². The van der Waals surface area contributed by atoms with E-state index in [4.69, 9.17) is 9.05 Å². The topological polar surface area (TPSA) is 105 Å². The first kappa shape index (κ1) is 79.2. The fourth-order valence-corrected chi connectivity index (χ4v) is 11.2. The number of amides is 1. The van der Waals surface area contributed by atoms with E-state index in [0.717, 1.165) is 51.4 Å². The average Bonchev–Trinajstić information content (AvgIpc) is 3.43. The lowest BCUT2D eigenvalue weighted by atomic mass is 10.0. The van der Waals surface area contributed by atoms with E-state index in [2.05, 4.69) is 67.8 Å². The molecule has 476 valence electrons. The standard InChI is InChI=1S/C72H137N2O6P/c1-6-8-10-12-14-16-18-20-22-24-26-28-30-32-34-35-36-37-38-39-40-42-44-46-48-50-52-54-56-58-60-62-64-66-72(76)73-70(69-80-81(77,78)79-68-67-74(3,4)5)71(75)65-63-61-59-57-55-53-51-49-47-45-43-41-33-31-29-27-25-23-21-19-17-15-13-11-9-7-2/h18,20,24,26,47,49,55,57,63,65,70-71,75H,6-17,19,21-23,25,27-46,48,50-54,56,58-62,64,66-69H2,1-5H3,(H-,73,76,77,78)/p+1/b20-18-,26-24-,49-47+,57-55+,65-63+. The van der Waals surface area contributed by atoms with E-state index < -0.39 is 20.0 Å². The number of hydrogen-bond donors (Lipinski definition) is 3. The molecular formula is C72H138N2O6P+. The minimum absolute atomic E-state index is 0.0537. The first-order valence-electron chi connectivity index (χ1n) is 35.2. The quantitative estimate of drug-likeness (QED) is 0.0243. The molecule has 0 aromatic rings. The van der Waals surface area contributed by atoms with Crippen LogP contribution in [0.15, 0.2) is 60.8 Å². The number of phosphoric ester groups is 1. The fourth-order valence-electron chi connectivity index (χ4n) is 10.5. The van der Waals surface area contributed by atoms with Gasteiger partial charge >= 0.3 is 7.82 Å². The number of allylic oxidation sites excluding steroid dienone is 9. The Morgan fingerprint density at radius 3 is 1.06 bits per heavy atom. The molecule has 3 unspecified atom stereocenters. The number of carbonyl (C=O) groups is 1. The Balaban J connectivity index is 4.09. The highest BCUT2D eigenvalue weighted by Crippen LogP contribution is 2.43. The minimum Gasteiger partial charge on any atom is -0.387 e. The van der Waals surface area contributed by atoms with Crippen molar-refractivity contribution in [3.05, 3.63) is 60.8 Å². The first-order chi connectivity index (χ1) is 39.5. The summed E-state index contributed by atoms with van der Waals surface area (Å²) in [7, 11) is 1.56. The third-order valence-corrected chi connectivity index (χ3v) is 16.9. The first-order valence-corrected chi connectivity index (χ1v) is 36.7. The van der Waals surface area contributed by atoms with Crippen LogP contribution in [-0.2, 0) is 18.4 Å². The Labute approximate surface area is 504 Å². The van der Waals surface area contributed by atoms with Crippen molar-refractivity contribution in [2.75, 3.05) is 40.9 Å². The van der Waals surface area contributed by atoms with Crippen LogP contribution in [0.4, 0.5) is 0 Å². The van der Waals surface area contributed by atoms with Crippen LogP contribution in [0.25, 0.3) is 0 Å². The molecule has 0 aliphatic carbocycles. The second-order valence-corrected chi connectivity index (χ2v) is 26.7. The fraction of sp³-hybridized carbons (Fsp3) is 0.847. The maximum Gasteiger partial charge on any atom is 0.472 e. The summed E-state index contributed by atoms with van der Waals surface area (Å²) in [6, 6.07) is -0.872. The maximum atomic E-state index is 13.0. The Hall–Kier alpha value is -1.80. The van der Waals surface area contributed by atoms with E-state index in [1.54, 1.807) is 6.08 Å². The minimum atomic E-state index is -4.37. The van der Waals surface area contributed by atoms with Crippen LogP contribution in [0.2, 0.25) is 0 Å². The number of quaternary nitrogens is 1. The molecule has 9 heteroatoms. The lowest BCUT2D eigenvalue weighted by Gasteiger charge is -2.25. The second kappa shape index (κ2) is 62.7. The van der Waals surface area contributed by atoms with Gasteiger partial charge in [-0.2, -0.15) is 0 Å². The zero-order valence-corrected chi connectivity index (χ0v) is 55.4. The molecule has 81 heavy (non-hydrogen) atoms. The maximum absolute atomic E-state index is 13.0. The zero-order chi connectivity index (χ0) is 59.1. The summed E-state index contributed by atoms with van der Waals surface area (Å²) in [6.07, 6.45) is 86.6. The Bertz CT molecular complexity index is 1500. The molecule has 0 bridgehead atoms. The van der Waals surface area contributed by atoms with Gasteiger partial charge in [0.15, 0.2) is 0 Å². The summed E-state index contributed by atoms with van der Waals surface area (Å²) in [5.41, 5.74) is 0. The largest absolute Gasteiger partial charge is 0.472 e. The number of carbonyl (C=O) groups excluding carboxylic acids is 1. The van der Waals surface area contributed by atoms with E-state index in [1.807, 2.05) is 27.2 Å². The van der Waals surface area contributed by atoms with Crippen molar-refractivity contribution in [3.8, 4) is 0 Å². The van der Waals surface area contributed by atoms with Crippen molar-refractivity contribution in [2.45, 2.75) is 353 Å². The van der Waals surface area contributed by atoms with Crippen LogP contribution in [0.3, 0.4) is 0 Å². The number of unbranched alkanes of at least 4 members (excludes halogenated alkanes) is 44. The van der Waals surface area contributed by atoms with Gasteiger partial charge in [-0.15, -0.1) is 0 Å². The van der Waals surface area contributed by atoms with Crippen molar-refractivity contribution >= 4 is 13.7 Å². The molecule has 3 N–H and O–H groups in total. The molecule has 0 spiro atoms. The molecule has 0 aliphatic heterocycles. The third kappa shape index (κ3) is 65.6. The molecular weight excluding hydrogens is 1020 g/mol. The molecule has 0 aromatic heterocycles. The molecule has 3 atom stereocenters. The van der Waals surface area contributed by atoms with Gasteiger partial charge in [-0.05, 0) is 77.0 Å². The molecule has 0 radical (unpaired) electrons. The highest BCUT2D eigenvalue weighted by Gasteiger charge is 2.28. The molecule has 0 heterocycles. The van der Waals surface area contributed by atoms with Crippen LogP contribution in [0, 0.1) is 0 Å². The van der Waals surface area contributed by atoms with Crippen molar-refractivity contribution in [1.82, 2.24) is 5.32 Å². The van der Waals surface area contributed by atoms with Crippen LogP contribution in [0.5, 0.6) is 0 Å². The second-order valence-electron chi connectivity index (χ2n) is 25.2. The normalized spacial score (nSPS) is 14.0. The SMILES string of the molecule is CCCCCCC/C=C\C/C=C\CCCCCCCCCCCCCCCCCCCCCCCC(=O)NC(COP(=O)(O)OCC[N+](C)(C)C)C(O)/C=C/CC/C=C/CC/C=C/CCCCCCCCCCCCCCCCCC. The summed E-state index contributed by atoms with van der Waals surface area (Å²) in [5, 5.41) is 14.0. The predicted octanol–water partition coefficient (Wildman–Crippen LogP) is 22.4. The summed E-state index contributed by atoms with van der Waals surface area (Å²) in [6.45, 7) is 4.82. The number of nitrogens with one attached hydrogen (secondary N) is 1. The molecule has 8 nitrogen and oxygen atoms in total. The number of aliphatic hydroxyl groups is 1. The van der Waals surface area contributed by atoms with Crippen molar-refractivity contribution in [1.29, 1.82) is 0 Å². The van der Waals surface area contributed by atoms with Gasteiger partial charge in [0.2, 0.25) is 5.91 Å². The Kier molecular flexibility index (Phi) is 61.3. The summed E-state index contributed by atoms with van der Waals surface area (Å²) in [4.78, 5) is 23.4. The van der Waals surface area contributed by atoms with Crippen molar-refractivity contribution in [3.63, 3.8) is 0 Å². The average molecular weight is 1160 g/mol. The lowest BCUT2D eigenvalue weighted by molar-refractivity contribution is -0.870. The van der Waals surface area contributed by atoms with Gasteiger partial charge in [0.05, 0.1) is 39.9 Å². The predicted molar refractivity (Wildman–Crippen MR) is 355 cm³/mol. The van der Waals surface area contributed by atoms with E-state index in [-0.39, 0.29) is 19.1 Å². The van der Waals surface area contributed by atoms with E-state index in [9.17, 15) is 19.4 Å². The van der Waals surface area contributed by atoms with Crippen LogP contribution in [-0.4, -0.2) is 73.4 Å². The number of nitrogens with zero attached hydrogens (tertiary/aromatic N) is 1. The number of hydrogen-bond acceptors (Lipinski definition) is 5. The van der Waals surface area contributed by atoms with Gasteiger partial charge in [-0.25, -0.2) is 4.57 Å². The van der Waals surface area contributed by atoms with Crippen LogP contribution >= 0.6 is 7.82 Å². The highest BCUT2D eigenvalue weighted by molar-refractivity contribution is 7.47.